The number of carbonyl (C=O) groups is 1. The summed E-state index contributed by atoms with van der Waals surface area (Å²) in [5.41, 5.74) is 1.46. The Morgan fingerprint density at radius 2 is 2.00 bits per heavy atom. The number of ether oxygens (including phenoxy) is 2. The third kappa shape index (κ3) is 4.67. The van der Waals surface area contributed by atoms with E-state index in [-0.39, 0.29) is 25.2 Å². The molecule has 27 heavy (non-hydrogen) atoms. The molecule has 0 spiro atoms. The van der Waals surface area contributed by atoms with Gasteiger partial charge in [0.2, 0.25) is 0 Å². The molecule has 3 atom stereocenters. The molecule has 2 aromatic carbocycles. The van der Waals surface area contributed by atoms with E-state index in [1.54, 1.807) is 42.5 Å². The van der Waals surface area contributed by atoms with Crippen molar-refractivity contribution >= 4 is 17.4 Å². The standard InChI is InChI=1S/C21H22ClFO4/c1-2-26-16-6-3-13(4-7-16)21(23)18-9-14(5-8-19(18)22)20-11-15(25)10-17(12-24)27-20/h3-9,17,20-21,24H,2,10-12H2,1H3/t17-,20+,21?/m0/s1. The van der Waals surface area contributed by atoms with Crippen LogP contribution in [0.15, 0.2) is 42.5 Å². The number of halogens is 2. The summed E-state index contributed by atoms with van der Waals surface area (Å²) < 4.78 is 26.3. The highest BCUT2D eigenvalue weighted by Gasteiger charge is 2.29. The highest BCUT2D eigenvalue weighted by atomic mass is 35.5. The molecule has 1 heterocycles. The molecule has 0 radical (unpaired) electrons. The van der Waals surface area contributed by atoms with Crippen LogP contribution in [0.1, 0.15) is 48.7 Å². The van der Waals surface area contributed by atoms with Gasteiger partial charge in [0.15, 0.2) is 6.17 Å². The molecule has 0 saturated carbocycles. The van der Waals surface area contributed by atoms with Gasteiger partial charge in [-0.15, -0.1) is 0 Å². The van der Waals surface area contributed by atoms with E-state index in [2.05, 4.69) is 0 Å². The van der Waals surface area contributed by atoms with Crippen LogP contribution < -0.4 is 4.74 Å². The maximum atomic E-state index is 15.1. The number of benzene rings is 2. The molecule has 1 aliphatic heterocycles. The summed E-state index contributed by atoms with van der Waals surface area (Å²) in [6.45, 7) is 2.21. The maximum absolute atomic E-state index is 15.1. The van der Waals surface area contributed by atoms with Crippen molar-refractivity contribution in [3.63, 3.8) is 0 Å². The fourth-order valence-electron chi connectivity index (χ4n) is 3.21. The van der Waals surface area contributed by atoms with Crippen LogP contribution in [0.5, 0.6) is 5.75 Å². The first-order valence-electron chi connectivity index (χ1n) is 8.96. The molecule has 0 aliphatic carbocycles. The lowest BCUT2D eigenvalue weighted by Crippen LogP contribution is -2.30. The number of Topliss-reactive ketones (excluding diaryl/α,β-unsaturated/α-hetero) is 1. The molecule has 1 unspecified atom stereocenters. The fraction of sp³-hybridized carbons (Fsp3) is 0.381. The summed E-state index contributed by atoms with van der Waals surface area (Å²) in [5, 5.41) is 9.61. The van der Waals surface area contributed by atoms with Crippen LogP contribution in [0.25, 0.3) is 0 Å². The lowest BCUT2D eigenvalue weighted by Gasteiger charge is -2.29. The van der Waals surface area contributed by atoms with Gasteiger partial charge in [-0.25, -0.2) is 4.39 Å². The third-order valence-electron chi connectivity index (χ3n) is 4.58. The monoisotopic (exact) mass is 392 g/mol. The molecular formula is C21H22ClFO4. The van der Waals surface area contributed by atoms with Crippen LogP contribution >= 0.6 is 11.6 Å². The number of alkyl halides is 1. The zero-order valence-electron chi connectivity index (χ0n) is 15.0. The summed E-state index contributed by atoms with van der Waals surface area (Å²) in [5.74, 6) is 0.697. The van der Waals surface area contributed by atoms with E-state index < -0.39 is 18.4 Å². The molecule has 1 fully saturated rings. The van der Waals surface area contributed by atoms with E-state index >= 15 is 4.39 Å². The molecule has 0 aromatic heterocycles. The number of aliphatic hydroxyl groups is 1. The van der Waals surface area contributed by atoms with Gasteiger partial charge in [-0.2, -0.15) is 0 Å². The minimum atomic E-state index is -1.42. The Morgan fingerprint density at radius 3 is 2.67 bits per heavy atom. The number of rotatable bonds is 6. The molecule has 3 rings (SSSR count). The summed E-state index contributed by atoms with van der Waals surface area (Å²) in [6.07, 6.45) is -2.04. The average molecular weight is 393 g/mol. The highest BCUT2D eigenvalue weighted by Crippen LogP contribution is 2.37. The van der Waals surface area contributed by atoms with E-state index in [4.69, 9.17) is 21.1 Å². The van der Waals surface area contributed by atoms with E-state index in [1.807, 2.05) is 6.92 Å². The largest absolute Gasteiger partial charge is 0.494 e. The zero-order valence-corrected chi connectivity index (χ0v) is 15.8. The Kier molecular flexibility index (Phi) is 6.47. The van der Waals surface area contributed by atoms with Gasteiger partial charge in [0.25, 0.3) is 0 Å². The van der Waals surface area contributed by atoms with Gasteiger partial charge in [-0.3, -0.25) is 4.79 Å². The highest BCUT2D eigenvalue weighted by molar-refractivity contribution is 6.31. The van der Waals surface area contributed by atoms with Crippen LogP contribution in [0.2, 0.25) is 5.02 Å². The van der Waals surface area contributed by atoms with Crippen LogP contribution in [-0.2, 0) is 9.53 Å². The van der Waals surface area contributed by atoms with Crippen molar-refractivity contribution in [3.05, 3.63) is 64.2 Å². The summed E-state index contributed by atoms with van der Waals surface area (Å²) in [6, 6.07) is 11.8. The average Bonchev–Trinajstić information content (AvgIpc) is 2.68. The number of aliphatic hydroxyl groups excluding tert-OH is 1. The molecule has 1 aliphatic rings. The lowest BCUT2D eigenvalue weighted by atomic mass is 9.94. The Bertz CT molecular complexity index is 793. The van der Waals surface area contributed by atoms with Crippen LogP contribution in [0.4, 0.5) is 4.39 Å². The van der Waals surface area contributed by atoms with Crippen molar-refractivity contribution < 1.29 is 23.8 Å². The van der Waals surface area contributed by atoms with Gasteiger partial charge in [-0.05, 0) is 42.3 Å². The molecular weight excluding hydrogens is 371 g/mol. The van der Waals surface area contributed by atoms with Crippen LogP contribution in [0, 0.1) is 0 Å². The van der Waals surface area contributed by atoms with Gasteiger partial charge in [0.1, 0.15) is 11.5 Å². The molecule has 144 valence electrons. The topological polar surface area (TPSA) is 55.8 Å². The second-order valence-electron chi connectivity index (χ2n) is 6.52. The Labute approximate surface area is 162 Å². The van der Waals surface area contributed by atoms with Gasteiger partial charge < -0.3 is 14.6 Å². The fourth-order valence-corrected chi connectivity index (χ4v) is 3.43. The van der Waals surface area contributed by atoms with Gasteiger partial charge in [0, 0.05) is 23.4 Å². The van der Waals surface area contributed by atoms with Gasteiger partial charge in [-0.1, -0.05) is 29.8 Å². The van der Waals surface area contributed by atoms with E-state index in [0.29, 0.717) is 34.1 Å². The zero-order chi connectivity index (χ0) is 19.4. The summed E-state index contributed by atoms with van der Waals surface area (Å²) >= 11 is 6.23. The van der Waals surface area contributed by atoms with E-state index in [9.17, 15) is 9.90 Å². The second kappa shape index (κ2) is 8.83. The molecule has 4 nitrogen and oxygen atoms in total. The Morgan fingerprint density at radius 1 is 1.26 bits per heavy atom. The quantitative estimate of drug-likeness (QED) is 0.781. The smallest absolute Gasteiger partial charge is 0.152 e. The molecule has 1 N–H and O–H groups in total. The van der Waals surface area contributed by atoms with Crippen molar-refractivity contribution in [1.82, 2.24) is 0 Å². The summed E-state index contributed by atoms with van der Waals surface area (Å²) in [4.78, 5) is 11.9. The number of ketones is 1. The first kappa shape index (κ1) is 19.8. The predicted octanol–water partition coefficient (Wildman–Crippen LogP) is 4.58. The molecule has 0 bridgehead atoms. The van der Waals surface area contributed by atoms with Crippen molar-refractivity contribution in [1.29, 1.82) is 0 Å². The Hall–Kier alpha value is -1.95. The van der Waals surface area contributed by atoms with E-state index in [0.717, 1.165) is 0 Å². The van der Waals surface area contributed by atoms with Gasteiger partial charge >= 0.3 is 0 Å². The third-order valence-corrected chi connectivity index (χ3v) is 4.92. The first-order valence-corrected chi connectivity index (χ1v) is 9.33. The van der Waals surface area contributed by atoms with Crippen LogP contribution in [-0.4, -0.2) is 30.2 Å². The Balaban J connectivity index is 1.85. The minimum absolute atomic E-state index is 0.0186. The van der Waals surface area contributed by atoms with Crippen LogP contribution in [0.3, 0.4) is 0 Å². The van der Waals surface area contributed by atoms with Crippen molar-refractivity contribution in [2.75, 3.05) is 13.2 Å². The maximum Gasteiger partial charge on any atom is 0.152 e. The van der Waals surface area contributed by atoms with Crippen molar-refractivity contribution in [2.45, 2.75) is 38.1 Å². The molecule has 2 aromatic rings. The molecule has 6 heteroatoms. The first-order chi connectivity index (χ1) is 13.0. The normalized spacial score (nSPS) is 21.1. The van der Waals surface area contributed by atoms with Crippen molar-refractivity contribution in [3.8, 4) is 5.75 Å². The SMILES string of the molecule is CCOc1ccc(C(F)c2cc([C@H]3CC(=O)C[C@@H](CO)O3)ccc2Cl)cc1. The predicted molar refractivity (Wildman–Crippen MR) is 101 cm³/mol. The molecule has 0 amide bonds. The second-order valence-corrected chi connectivity index (χ2v) is 6.93. The van der Waals surface area contributed by atoms with Gasteiger partial charge in [0.05, 0.1) is 25.4 Å². The molecule has 1 saturated heterocycles. The number of hydrogen-bond donors (Lipinski definition) is 1. The number of hydrogen-bond acceptors (Lipinski definition) is 4. The number of carbonyl (C=O) groups excluding carboxylic acids is 1. The lowest BCUT2D eigenvalue weighted by molar-refractivity contribution is -0.139. The van der Waals surface area contributed by atoms with Crippen molar-refractivity contribution in [2.24, 2.45) is 0 Å². The minimum Gasteiger partial charge on any atom is -0.494 e. The van der Waals surface area contributed by atoms with E-state index in [1.165, 1.54) is 0 Å². The summed E-state index contributed by atoms with van der Waals surface area (Å²) in [7, 11) is 0.